The number of hydrogen-bond donors (Lipinski definition) is 0. The fourth-order valence-corrected chi connectivity index (χ4v) is 6.09. The maximum atomic E-state index is 11.3. The Bertz CT molecular complexity index is 764. The fraction of sp³-hybridized carbons (Fsp3) is 0.240. The summed E-state index contributed by atoms with van der Waals surface area (Å²) < 4.78 is -0.272. The maximum absolute atomic E-state index is 11.3. The molecule has 27 heavy (non-hydrogen) atoms. The summed E-state index contributed by atoms with van der Waals surface area (Å²) in [5, 5.41) is 0.473. The van der Waals surface area contributed by atoms with Crippen LogP contribution in [0.4, 0.5) is 0 Å². The van der Waals surface area contributed by atoms with Gasteiger partial charge in [0.2, 0.25) is 0 Å². The summed E-state index contributed by atoms with van der Waals surface area (Å²) in [6.45, 7) is 0. The van der Waals surface area contributed by atoms with Crippen molar-refractivity contribution in [3.8, 4) is 0 Å². The van der Waals surface area contributed by atoms with Crippen LogP contribution < -0.4 is 0 Å². The van der Waals surface area contributed by atoms with E-state index in [2.05, 4.69) is 91.0 Å². The van der Waals surface area contributed by atoms with Crippen LogP contribution in [-0.2, 0) is 9.54 Å². The third kappa shape index (κ3) is 3.59. The molecule has 0 N–H and O–H groups in total. The van der Waals surface area contributed by atoms with Crippen molar-refractivity contribution in [1.82, 2.24) is 0 Å². The van der Waals surface area contributed by atoms with Crippen LogP contribution in [0.15, 0.2) is 91.0 Å². The Balaban J connectivity index is 1.88. The van der Waals surface area contributed by atoms with Crippen molar-refractivity contribution < 1.29 is 4.79 Å². The van der Waals surface area contributed by atoms with E-state index < -0.39 is 0 Å². The van der Waals surface area contributed by atoms with Gasteiger partial charge in [0.1, 0.15) is 6.29 Å². The van der Waals surface area contributed by atoms with Gasteiger partial charge in [0, 0.05) is 11.2 Å². The van der Waals surface area contributed by atoms with E-state index in [0.29, 0.717) is 5.25 Å². The molecule has 0 bridgehead atoms. The highest BCUT2D eigenvalue weighted by molar-refractivity contribution is 8.01. The second-order valence-corrected chi connectivity index (χ2v) is 8.74. The minimum Gasteiger partial charge on any atom is -0.303 e. The highest BCUT2D eigenvalue weighted by atomic mass is 32.2. The van der Waals surface area contributed by atoms with E-state index in [1.54, 1.807) is 0 Å². The van der Waals surface area contributed by atoms with E-state index in [4.69, 9.17) is 0 Å². The van der Waals surface area contributed by atoms with Gasteiger partial charge in [0.05, 0.1) is 4.75 Å². The Morgan fingerprint density at radius 3 is 1.52 bits per heavy atom. The molecule has 1 fully saturated rings. The van der Waals surface area contributed by atoms with Crippen LogP contribution in [0.25, 0.3) is 0 Å². The third-order valence-electron chi connectivity index (χ3n) is 5.50. The maximum Gasteiger partial charge on any atom is 0.123 e. The van der Waals surface area contributed by atoms with Crippen LogP contribution in [0, 0.1) is 5.92 Å². The number of rotatable bonds is 6. The van der Waals surface area contributed by atoms with E-state index in [0.717, 1.165) is 25.5 Å². The molecule has 3 aromatic rings. The van der Waals surface area contributed by atoms with Crippen molar-refractivity contribution in [2.75, 3.05) is 0 Å². The van der Waals surface area contributed by atoms with Crippen LogP contribution in [0.3, 0.4) is 0 Å². The predicted molar refractivity (Wildman–Crippen MR) is 114 cm³/mol. The van der Waals surface area contributed by atoms with Crippen molar-refractivity contribution in [2.45, 2.75) is 29.3 Å². The Morgan fingerprint density at radius 2 is 1.15 bits per heavy atom. The van der Waals surface area contributed by atoms with Gasteiger partial charge in [-0.15, -0.1) is 11.8 Å². The Morgan fingerprint density at radius 1 is 0.704 bits per heavy atom. The molecule has 0 saturated heterocycles. The van der Waals surface area contributed by atoms with Gasteiger partial charge in [-0.2, -0.15) is 0 Å². The average Bonchev–Trinajstić information content (AvgIpc) is 3.21. The van der Waals surface area contributed by atoms with Crippen molar-refractivity contribution in [3.63, 3.8) is 0 Å². The Hall–Kier alpha value is -2.32. The first-order valence-corrected chi connectivity index (χ1v) is 10.5. The molecular weight excluding hydrogens is 348 g/mol. The van der Waals surface area contributed by atoms with Gasteiger partial charge >= 0.3 is 0 Å². The number of benzene rings is 3. The minimum absolute atomic E-state index is 0.211. The minimum atomic E-state index is -0.272. The Labute approximate surface area is 165 Å². The molecule has 0 aromatic heterocycles. The standard InChI is InChI=1S/C25H24OS/c26-19-20-16-17-24(18-20)27-25(21-10-4-1-5-11-21,22-12-6-2-7-13-22)23-14-8-3-9-15-23/h1-15,19-20,24H,16-18H2/t20-,24+/m1/s1. The summed E-state index contributed by atoms with van der Waals surface area (Å²) in [4.78, 5) is 11.3. The largest absolute Gasteiger partial charge is 0.303 e. The van der Waals surface area contributed by atoms with Crippen LogP contribution in [0.2, 0.25) is 0 Å². The van der Waals surface area contributed by atoms with Crippen molar-refractivity contribution in [3.05, 3.63) is 108 Å². The summed E-state index contributed by atoms with van der Waals surface area (Å²) in [5.74, 6) is 0.211. The molecule has 1 saturated carbocycles. The van der Waals surface area contributed by atoms with Gasteiger partial charge in [-0.3, -0.25) is 0 Å². The zero-order chi connectivity index (χ0) is 18.5. The zero-order valence-corrected chi connectivity index (χ0v) is 16.1. The molecular formula is C25H24OS. The smallest absolute Gasteiger partial charge is 0.123 e. The number of hydrogen-bond acceptors (Lipinski definition) is 2. The Kier molecular flexibility index (Phi) is 5.45. The predicted octanol–water partition coefficient (Wildman–Crippen LogP) is 6.08. The topological polar surface area (TPSA) is 17.1 Å². The molecule has 1 aliphatic rings. The first kappa shape index (κ1) is 18.1. The first-order valence-electron chi connectivity index (χ1n) is 9.62. The van der Waals surface area contributed by atoms with Gasteiger partial charge < -0.3 is 4.79 Å². The van der Waals surface area contributed by atoms with Crippen LogP contribution >= 0.6 is 11.8 Å². The van der Waals surface area contributed by atoms with E-state index in [1.165, 1.54) is 16.7 Å². The summed E-state index contributed by atoms with van der Waals surface area (Å²) in [6, 6.07) is 32.4. The number of thioether (sulfide) groups is 1. The van der Waals surface area contributed by atoms with Crippen LogP contribution in [0.5, 0.6) is 0 Å². The number of carbonyl (C=O) groups is 1. The fourth-order valence-electron chi connectivity index (χ4n) is 4.18. The molecule has 0 amide bonds. The molecule has 4 rings (SSSR count). The highest BCUT2D eigenvalue weighted by Gasteiger charge is 2.41. The van der Waals surface area contributed by atoms with E-state index in [-0.39, 0.29) is 10.7 Å². The van der Waals surface area contributed by atoms with Gasteiger partial charge in [-0.25, -0.2) is 0 Å². The summed E-state index contributed by atoms with van der Waals surface area (Å²) in [7, 11) is 0. The van der Waals surface area contributed by atoms with Gasteiger partial charge in [0.15, 0.2) is 0 Å². The van der Waals surface area contributed by atoms with Crippen LogP contribution in [0.1, 0.15) is 36.0 Å². The first-order chi connectivity index (χ1) is 13.3. The van der Waals surface area contributed by atoms with E-state index in [1.807, 2.05) is 11.8 Å². The molecule has 0 spiro atoms. The third-order valence-corrected chi connectivity index (χ3v) is 7.32. The number of aldehydes is 1. The van der Waals surface area contributed by atoms with Crippen molar-refractivity contribution in [1.29, 1.82) is 0 Å². The SMILES string of the molecule is O=C[C@@H]1CC[C@H](SC(c2ccccc2)(c2ccccc2)c2ccccc2)C1. The molecule has 1 nitrogen and oxygen atoms in total. The van der Waals surface area contributed by atoms with Crippen molar-refractivity contribution in [2.24, 2.45) is 5.92 Å². The summed E-state index contributed by atoms with van der Waals surface area (Å²) in [6.07, 6.45) is 4.23. The zero-order valence-electron chi connectivity index (χ0n) is 15.3. The quantitative estimate of drug-likeness (QED) is 0.385. The molecule has 0 radical (unpaired) electrons. The van der Waals surface area contributed by atoms with E-state index >= 15 is 0 Å². The molecule has 2 heteroatoms. The highest BCUT2D eigenvalue weighted by Crippen LogP contribution is 2.53. The van der Waals surface area contributed by atoms with Gasteiger partial charge in [0.25, 0.3) is 0 Å². The molecule has 0 unspecified atom stereocenters. The van der Waals surface area contributed by atoms with Crippen molar-refractivity contribution >= 4 is 18.0 Å². The second-order valence-electron chi connectivity index (χ2n) is 7.23. The van der Waals surface area contributed by atoms with Crippen LogP contribution in [-0.4, -0.2) is 11.5 Å². The lowest BCUT2D eigenvalue weighted by molar-refractivity contribution is -0.110. The summed E-state index contributed by atoms with van der Waals surface area (Å²) in [5.41, 5.74) is 3.88. The molecule has 1 aliphatic carbocycles. The lowest BCUT2D eigenvalue weighted by Crippen LogP contribution is -2.28. The normalized spacial score (nSPS) is 19.7. The molecule has 0 heterocycles. The molecule has 0 aliphatic heterocycles. The molecule has 136 valence electrons. The number of carbonyl (C=O) groups excluding carboxylic acids is 1. The molecule has 2 atom stereocenters. The second kappa shape index (κ2) is 8.14. The monoisotopic (exact) mass is 372 g/mol. The lowest BCUT2D eigenvalue weighted by Gasteiger charge is -2.37. The van der Waals surface area contributed by atoms with Gasteiger partial charge in [-0.05, 0) is 36.0 Å². The van der Waals surface area contributed by atoms with Gasteiger partial charge in [-0.1, -0.05) is 91.0 Å². The summed E-state index contributed by atoms with van der Waals surface area (Å²) >= 11 is 2.02. The molecule has 3 aromatic carbocycles. The van der Waals surface area contributed by atoms with E-state index in [9.17, 15) is 4.79 Å². The average molecular weight is 373 g/mol. The lowest BCUT2D eigenvalue weighted by atomic mass is 9.84.